The fourth-order valence-corrected chi connectivity index (χ4v) is 4.41. The zero-order chi connectivity index (χ0) is 24.8. The van der Waals surface area contributed by atoms with Gasteiger partial charge in [0.1, 0.15) is 11.5 Å². The van der Waals surface area contributed by atoms with E-state index in [9.17, 15) is 9.59 Å². The van der Waals surface area contributed by atoms with Crippen LogP contribution in [0, 0.1) is 13.8 Å². The van der Waals surface area contributed by atoms with E-state index in [1.54, 1.807) is 30.3 Å². The number of amides is 1. The standard InChI is InChI=1S/C28H23BrN2O4/c1-18-14-19(2)27(25(29)15-18)34-17-26(32)31-30-16-20-10-12-22(13-11-20)35-28(33)24-9-5-7-21-6-3-4-8-23(21)24/h3-16H,17H2,1-2H3,(H,31,32)/b30-16+. The Hall–Kier alpha value is -3.97. The number of rotatable bonds is 7. The van der Waals surface area contributed by atoms with Crippen LogP contribution in [0.4, 0.5) is 0 Å². The molecular weight excluding hydrogens is 508 g/mol. The molecule has 0 aliphatic carbocycles. The molecule has 4 aromatic carbocycles. The second-order valence-electron chi connectivity index (χ2n) is 7.96. The normalized spacial score (nSPS) is 10.9. The first kappa shape index (κ1) is 24.2. The van der Waals surface area contributed by atoms with E-state index in [2.05, 4.69) is 26.5 Å². The van der Waals surface area contributed by atoms with E-state index in [1.807, 2.05) is 62.4 Å². The van der Waals surface area contributed by atoms with Gasteiger partial charge in [-0.2, -0.15) is 5.10 Å². The van der Waals surface area contributed by atoms with Crippen LogP contribution < -0.4 is 14.9 Å². The summed E-state index contributed by atoms with van der Waals surface area (Å²) in [6, 6.07) is 23.9. The van der Waals surface area contributed by atoms with E-state index < -0.39 is 5.97 Å². The number of hydrogen-bond acceptors (Lipinski definition) is 5. The third-order valence-electron chi connectivity index (χ3n) is 5.22. The summed E-state index contributed by atoms with van der Waals surface area (Å²) in [6.07, 6.45) is 1.50. The molecule has 1 amide bonds. The second-order valence-corrected chi connectivity index (χ2v) is 8.81. The summed E-state index contributed by atoms with van der Waals surface area (Å²) in [6.45, 7) is 3.75. The fraction of sp³-hybridized carbons (Fsp3) is 0.107. The maximum Gasteiger partial charge on any atom is 0.344 e. The average molecular weight is 531 g/mol. The number of nitrogens with zero attached hydrogens (tertiary/aromatic N) is 1. The van der Waals surface area contributed by atoms with E-state index >= 15 is 0 Å². The molecule has 0 fully saturated rings. The molecule has 0 aliphatic rings. The summed E-state index contributed by atoms with van der Waals surface area (Å²) in [5.41, 5.74) is 5.72. The predicted octanol–water partition coefficient (Wildman–Crippen LogP) is 5.97. The lowest BCUT2D eigenvalue weighted by Crippen LogP contribution is -2.24. The van der Waals surface area contributed by atoms with E-state index in [1.165, 1.54) is 6.21 Å². The van der Waals surface area contributed by atoms with Crippen LogP contribution in [0.1, 0.15) is 27.0 Å². The van der Waals surface area contributed by atoms with Gasteiger partial charge in [-0.15, -0.1) is 0 Å². The number of fused-ring (bicyclic) bond motifs is 1. The second kappa shape index (κ2) is 11.0. The Balaban J connectivity index is 1.31. The number of halogens is 1. The minimum absolute atomic E-state index is 0.164. The molecule has 0 radical (unpaired) electrons. The Morgan fingerprint density at radius 1 is 0.971 bits per heavy atom. The zero-order valence-electron chi connectivity index (χ0n) is 19.2. The van der Waals surface area contributed by atoms with Crippen LogP contribution in [0.5, 0.6) is 11.5 Å². The molecular formula is C28H23BrN2O4. The molecule has 176 valence electrons. The lowest BCUT2D eigenvalue weighted by atomic mass is 10.0. The summed E-state index contributed by atoms with van der Waals surface area (Å²) >= 11 is 3.46. The van der Waals surface area contributed by atoms with Crippen molar-refractivity contribution in [3.05, 3.63) is 106 Å². The molecule has 1 N–H and O–H groups in total. The molecule has 0 unspecified atom stereocenters. The molecule has 0 bridgehead atoms. The van der Waals surface area contributed by atoms with Gasteiger partial charge in [-0.25, -0.2) is 10.2 Å². The monoisotopic (exact) mass is 530 g/mol. The van der Waals surface area contributed by atoms with Gasteiger partial charge >= 0.3 is 5.97 Å². The average Bonchev–Trinajstić information content (AvgIpc) is 2.84. The maximum absolute atomic E-state index is 12.7. The van der Waals surface area contributed by atoms with Crippen LogP contribution in [0.15, 0.2) is 88.4 Å². The summed E-state index contributed by atoms with van der Waals surface area (Å²) in [4.78, 5) is 24.7. The van der Waals surface area contributed by atoms with Crippen LogP contribution >= 0.6 is 15.9 Å². The summed E-state index contributed by atoms with van der Waals surface area (Å²) < 4.78 is 12.0. The number of aryl methyl sites for hydroxylation is 2. The number of carbonyl (C=O) groups excluding carboxylic acids is 2. The first-order valence-electron chi connectivity index (χ1n) is 10.9. The topological polar surface area (TPSA) is 77.0 Å². The SMILES string of the molecule is Cc1cc(C)c(OCC(=O)N/N=C/c2ccc(OC(=O)c3cccc4ccccc34)cc2)c(Br)c1. The summed E-state index contributed by atoms with van der Waals surface area (Å²) in [5, 5.41) is 5.78. The molecule has 4 rings (SSSR count). The molecule has 0 saturated carbocycles. The molecule has 0 aromatic heterocycles. The molecule has 6 nitrogen and oxygen atoms in total. The number of ether oxygens (including phenoxy) is 2. The van der Waals surface area contributed by atoms with Crippen molar-refractivity contribution >= 4 is 44.8 Å². The Morgan fingerprint density at radius 2 is 1.71 bits per heavy atom. The smallest absolute Gasteiger partial charge is 0.344 e. The van der Waals surface area contributed by atoms with Crippen LogP contribution in [-0.4, -0.2) is 24.7 Å². The molecule has 0 saturated heterocycles. The van der Waals surface area contributed by atoms with Gasteiger partial charge in [0.2, 0.25) is 0 Å². The van der Waals surface area contributed by atoms with Gasteiger partial charge in [-0.3, -0.25) is 4.79 Å². The van der Waals surface area contributed by atoms with Gasteiger partial charge in [0.05, 0.1) is 16.3 Å². The van der Waals surface area contributed by atoms with Crippen molar-refractivity contribution in [3.8, 4) is 11.5 Å². The number of benzene rings is 4. The van der Waals surface area contributed by atoms with Gasteiger partial charge in [0.15, 0.2) is 6.61 Å². The Kier molecular flexibility index (Phi) is 7.57. The predicted molar refractivity (Wildman–Crippen MR) is 140 cm³/mol. The Morgan fingerprint density at radius 3 is 2.49 bits per heavy atom. The third kappa shape index (κ3) is 6.13. The van der Waals surface area contributed by atoms with Crippen molar-refractivity contribution < 1.29 is 19.1 Å². The molecule has 0 spiro atoms. The lowest BCUT2D eigenvalue weighted by molar-refractivity contribution is -0.123. The first-order valence-corrected chi connectivity index (χ1v) is 11.7. The largest absolute Gasteiger partial charge is 0.482 e. The Bertz CT molecular complexity index is 1390. The zero-order valence-corrected chi connectivity index (χ0v) is 20.8. The highest BCUT2D eigenvalue weighted by molar-refractivity contribution is 9.10. The van der Waals surface area contributed by atoms with Gasteiger partial charge in [-0.1, -0.05) is 42.5 Å². The highest BCUT2D eigenvalue weighted by atomic mass is 79.9. The van der Waals surface area contributed by atoms with E-state index in [0.29, 0.717) is 17.1 Å². The molecule has 0 heterocycles. The van der Waals surface area contributed by atoms with Gasteiger partial charge < -0.3 is 9.47 Å². The van der Waals surface area contributed by atoms with Crippen molar-refractivity contribution in [1.82, 2.24) is 5.43 Å². The van der Waals surface area contributed by atoms with Gasteiger partial charge in [0.25, 0.3) is 5.91 Å². The van der Waals surface area contributed by atoms with Crippen molar-refractivity contribution in [3.63, 3.8) is 0 Å². The Labute approximate surface area is 211 Å². The molecule has 0 atom stereocenters. The number of hydrazone groups is 1. The van der Waals surface area contributed by atoms with E-state index in [-0.39, 0.29) is 12.5 Å². The molecule has 7 heteroatoms. The van der Waals surface area contributed by atoms with Crippen LogP contribution in [-0.2, 0) is 4.79 Å². The highest BCUT2D eigenvalue weighted by Crippen LogP contribution is 2.30. The van der Waals surface area contributed by atoms with E-state index in [0.717, 1.165) is 31.9 Å². The van der Waals surface area contributed by atoms with Crippen LogP contribution in [0.2, 0.25) is 0 Å². The minimum Gasteiger partial charge on any atom is -0.482 e. The number of hydrogen-bond donors (Lipinski definition) is 1. The number of esters is 1. The molecule has 4 aromatic rings. The molecule has 35 heavy (non-hydrogen) atoms. The van der Waals surface area contributed by atoms with Gasteiger partial charge in [-0.05, 0) is 93.6 Å². The quantitative estimate of drug-likeness (QED) is 0.138. The van der Waals surface area contributed by atoms with Crippen LogP contribution in [0.3, 0.4) is 0 Å². The van der Waals surface area contributed by atoms with E-state index in [4.69, 9.17) is 9.47 Å². The van der Waals surface area contributed by atoms with Crippen molar-refractivity contribution in [2.24, 2.45) is 5.10 Å². The van der Waals surface area contributed by atoms with Crippen molar-refractivity contribution in [1.29, 1.82) is 0 Å². The summed E-state index contributed by atoms with van der Waals surface area (Å²) in [7, 11) is 0. The number of nitrogens with one attached hydrogen (secondary N) is 1. The summed E-state index contributed by atoms with van der Waals surface area (Å²) in [5.74, 6) is 0.236. The third-order valence-corrected chi connectivity index (χ3v) is 5.81. The maximum atomic E-state index is 12.7. The minimum atomic E-state index is -0.425. The van der Waals surface area contributed by atoms with Crippen molar-refractivity contribution in [2.75, 3.05) is 6.61 Å². The van der Waals surface area contributed by atoms with Crippen molar-refractivity contribution in [2.45, 2.75) is 13.8 Å². The highest BCUT2D eigenvalue weighted by Gasteiger charge is 2.12. The first-order chi connectivity index (χ1) is 16.9. The molecule has 0 aliphatic heterocycles. The lowest BCUT2D eigenvalue weighted by Gasteiger charge is -2.11. The number of carbonyl (C=O) groups is 2. The van der Waals surface area contributed by atoms with Gasteiger partial charge in [0, 0.05) is 0 Å². The van der Waals surface area contributed by atoms with Crippen LogP contribution in [0.25, 0.3) is 10.8 Å². The fourth-order valence-electron chi connectivity index (χ4n) is 3.62.